The first-order chi connectivity index (χ1) is 11.0. The first kappa shape index (κ1) is 15.3. The number of hydrogen-bond donors (Lipinski definition) is 1. The van der Waals surface area contributed by atoms with E-state index in [-0.39, 0.29) is 18.2 Å². The molecule has 2 aromatic rings. The highest BCUT2D eigenvalue weighted by atomic mass is 16.2. The van der Waals surface area contributed by atoms with Gasteiger partial charge in [0.15, 0.2) is 0 Å². The van der Waals surface area contributed by atoms with Gasteiger partial charge in [-0.15, -0.1) is 0 Å². The summed E-state index contributed by atoms with van der Waals surface area (Å²) in [5.74, 6) is -0.349. The number of nitrogens with zero attached hydrogens (tertiary/aromatic N) is 1. The number of aryl methyl sites for hydroxylation is 2. The molecule has 1 N–H and O–H groups in total. The van der Waals surface area contributed by atoms with E-state index in [1.807, 2.05) is 63.2 Å². The van der Waals surface area contributed by atoms with Crippen molar-refractivity contribution in [3.05, 3.63) is 59.2 Å². The second-order valence-electron chi connectivity index (χ2n) is 6.05. The number of carbonyl (C=O) groups is 2. The molecule has 0 saturated carbocycles. The predicted octanol–water partition coefficient (Wildman–Crippen LogP) is 3.36. The number of rotatable bonds is 3. The monoisotopic (exact) mass is 308 g/mol. The molecular formula is C19H20N2O2. The van der Waals surface area contributed by atoms with E-state index in [9.17, 15) is 9.59 Å². The predicted molar refractivity (Wildman–Crippen MR) is 91.6 cm³/mol. The van der Waals surface area contributed by atoms with Gasteiger partial charge in [0, 0.05) is 5.69 Å². The molecule has 4 nitrogen and oxygen atoms in total. The molecule has 0 bridgehead atoms. The molecule has 1 heterocycles. The maximum Gasteiger partial charge on any atom is 0.256 e. The topological polar surface area (TPSA) is 49.4 Å². The van der Waals surface area contributed by atoms with E-state index in [2.05, 4.69) is 5.32 Å². The zero-order valence-corrected chi connectivity index (χ0v) is 13.6. The Morgan fingerprint density at radius 3 is 2.39 bits per heavy atom. The smallest absolute Gasteiger partial charge is 0.256 e. The summed E-state index contributed by atoms with van der Waals surface area (Å²) >= 11 is 0. The Morgan fingerprint density at radius 1 is 1.00 bits per heavy atom. The Labute approximate surface area is 136 Å². The van der Waals surface area contributed by atoms with Crippen molar-refractivity contribution in [3.8, 4) is 0 Å². The summed E-state index contributed by atoms with van der Waals surface area (Å²) in [4.78, 5) is 26.4. The molecular weight excluding hydrogens is 288 g/mol. The lowest BCUT2D eigenvalue weighted by atomic mass is 10.1. The zero-order valence-electron chi connectivity index (χ0n) is 13.6. The summed E-state index contributed by atoms with van der Waals surface area (Å²) in [5, 5.41) is 3.17. The fourth-order valence-electron chi connectivity index (χ4n) is 2.83. The van der Waals surface area contributed by atoms with Crippen molar-refractivity contribution in [1.82, 2.24) is 0 Å². The second-order valence-corrected chi connectivity index (χ2v) is 6.05. The zero-order chi connectivity index (χ0) is 16.6. The van der Waals surface area contributed by atoms with Crippen LogP contribution in [0.15, 0.2) is 42.5 Å². The van der Waals surface area contributed by atoms with Crippen molar-refractivity contribution in [2.75, 3.05) is 10.2 Å². The second kappa shape index (κ2) is 5.88. The molecule has 0 spiro atoms. The number of imide groups is 1. The first-order valence-corrected chi connectivity index (χ1v) is 7.73. The Bertz CT molecular complexity index is 765. The molecule has 0 aliphatic carbocycles. The van der Waals surface area contributed by atoms with Crippen molar-refractivity contribution >= 4 is 23.2 Å². The van der Waals surface area contributed by atoms with Crippen LogP contribution in [0.4, 0.5) is 11.4 Å². The minimum atomic E-state index is -0.509. The van der Waals surface area contributed by atoms with E-state index in [1.165, 1.54) is 4.90 Å². The van der Waals surface area contributed by atoms with Gasteiger partial charge in [-0.2, -0.15) is 0 Å². The largest absolute Gasteiger partial charge is 0.373 e. The molecule has 4 heteroatoms. The maximum atomic E-state index is 12.7. The van der Waals surface area contributed by atoms with Gasteiger partial charge in [0.25, 0.3) is 5.91 Å². The lowest BCUT2D eigenvalue weighted by Crippen LogP contribution is -2.35. The molecule has 1 atom stereocenters. The first-order valence-electron chi connectivity index (χ1n) is 7.73. The number of amides is 2. The lowest BCUT2D eigenvalue weighted by molar-refractivity contribution is -0.121. The van der Waals surface area contributed by atoms with E-state index < -0.39 is 6.04 Å². The minimum Gasteiger partial charge on any atom is -0.373 e. The van der Waals surface area contributed by atoms with Crippen molar-refractivity contribution < 1.29 is 9.59 Å². The van der Waals surface area contributed by atoms with Gasteiger partial charge in [-0.25, -0.2) is 4.90 Å². The van der Waals surface area contributed by atoms with Gasteiger partial charge in [-0.05, 0) is 50.1 Å². The quantitative estimate of drug-likeness (QED) is 0.885. The van der Waals surface area contributed by atoms with Crippen molar-refractivity contribution in [3.63, 3.8) is 0 Å². The van der Waals surface area contributed by atoms with E-state index in [4.69, 9.17) is 0 Å². The van der Waals surface area contributed by atoms with Gasteiger partial charge in [0.1, 0.15) is 6.04 Å². The van der Waals surface area contributed by atoms with Crippen LogP contribution < -0.4 is 10.2 Å². The van der Waals surface area contributed by atoms with Crippen LogP contribution in [0.25, 0.3) is 0 Å². The highest BCUT2D eigenvalue weighted by Gasteiger charge is 2.40. The van der Waals surface area contributed by atoms with Crippen LogP contribution in [0.5, 0.6) is 0 Å². The van der Waals surface area contributed by atoms with Gasteiger partial charge in [0.2, 0.25) is 5.91 Å². The van der Waals surface area contributed by atoms with Gasteiger partial charge in [-0.1, -0.05) is 29.8 Å². The van der Waals surface area contributed by atoms with E-state index >= 15 is 0 Å². The molecule has 118 valence electrons. The molecule has 1 aliphatic heterocycles. The van der Waals surface area contributed by atoms with Crippen molar-refractivity contribution in [2.24, 2.45) is 0 Å². The van der Waals surface area contributed by atoms with Crippen LogP contribution in [-0.2, 0) is 9.59 Å². The minimum absolute atomic E-state index is 0.159. The molecule has 0 aromatic heterocycles. The molecule has 3 rings (SSSR count). The number of hydrogen-bond acceptors (Lipinski definition) is 3. The Hall–Kier alpha value is -2.62. The summed E-state index contributed by atoms with van der Waals surface area (Å²) in [6.45, 7) is 5.92. The number of carbonyl (C=O) groups excluding carboxylic acids is 2. The normalized spacial score (nSPS) is 17.7. The van der Waals surface area contributed by atoms with Crippen LogP contribution in [0.3, 0.4) is 0 Å². The van der Waals surface area contributed by atoms with Gasteiger partial charge in [-0.3, -0.25) is 9.59 Å². The fraction of sp³-hybridized carbons (Fsp3) is 0.263. The van der Waals surface area contributed by atoms with E-state index in [1.54, 1.807) is 0 Å². The lowest BCUT2D eigenvalue weighted by Gasteiger charge is -2.19. The molecule has 1 saturated heterocycles. The summed E-state index contributed by atoms with van der Waals surface area (Å²) in [6.07, 6.45) is 0.181. The van der Waals surface area contributed by atoms with Crippen LogP contribution in [0.1, 0.15) is 23.1 Å². The van der Waals surface area contributed by atoms with Crippen LogP contribution >= 0.6 is 0 Å². The molecule has 23 heavy (non-hydrogen) atoms. The Balaban J connectivity index is 1.85. The van der Waals surface area contributed by atoms with E-state index in [0.29, 0.717) is 5.69 Å². The third kappa shape index (κ3) is 2.84. The average molecular weight is 308 g/mol. The van der Waals surface area contributed by atoms with Crippen LogP contribution in [-0.4, -0.2) is 17.9 Å². The summed E-state index contributed by atoms with van der Waals surface area (Å²) in [6, 6.07) is 13.0. The van der Waals surface area contributed by atoms with E-state index in [0.717, 1.165) is 22.4 Å². The van der Waals surface area contributed by atoms with Gasteiger partial charge >= 0.3 is 0 Å². The Morgan fingerprint density at radius 2 is 1.70 bits per heavy atom. The molecule has 2 amide bonds. The van der Waals surface area contributed by atoms with Crippen LogP contribution in [0.2, 0.25) is 0 Å². The molecule has 2 aromatic carbocycles. The highest BCUT2D eigenvalue weighted by Crippen LogP contribution is 2.29. The summed E-state index contributed by atoms with van der Waals surface area (Å²) in [5.41, 5.74) is 4.72. The number of nitrogens with one attached hydrogen (secondary N) is 1. The van der Waals surface area contributed by atoms with Gasteiger partial charge in [0.05, 0.1) is 12.1 Å². The van der Waals surface area contributed by atoms with Gasteiger partial charge < -0.3 is 5.32 Å². The fourth-order valence-corrected chi connectivity index (χ4v) is 2.83. The molecule has 1 aliphatic rings. The molecule has 0 radical (unpaired) electrons. The standard InChI is InChI=1S/C19H20N2O2/c1-12-7-9-15(10-8-12)20-16-11-18(22)21(19(16)23)17-6-4-5-13(2)14(17)3/h4-10,16,20H,11H2,1-3H3/t16-/m0/s1. The number of anilines is 2. The third-order valence-electron chi connectivity index (χ3n) is 4.36. The Kier molecular flexibility index (Phi) is 3.90. The van der Waals surface area contributed by atoms with Crippen molar-refractivity contribution in [1.29, 1.82) is 0 Å². The molecule has 1 fully saturated rings. The molecule has 0 unspecified atom stereocenters. The number of benzene rings is 2. The van der Waals surface area contributed by atoms with Crippen molar-refractivity contribution in [2.45, 2.75) is 33.2 Å². The summed E-state index contributed by atoms with van der Waals surface area (Å²) in [7, 11) is 0. The average Bonchev–Trinajstić information content (AvgIpc) is 2.79. The maximum absolute atomic E-state index is 12.7. The summed E-state index contributed by atoms with van der Waals surface area (Å²) < 4.78 is 0. The van der Waals surface area contributed by atoms with Crippen LogP contribution in [0, 0.1) is 20.8 Å². The highest BCUT2D eigenvalue weighted by molar-refractivity contribution is 6.23. The third-order valence-corrected chi connectivity index (χ3v) is 4.36. The SMILES string of the molecule is Cc1ccc(N[C@H]2CC(=O)N(c3cccc(C)c3C)C2=O)cc1.